The molecule has 0 amide bonds. The zero-order valence-corrected chi connectivity index (χ0v) is 11.6. The molecule has 1 fully saturated rings. The predicted octanol–water partition coefficient (Wildman–Crippen LogP) is 3.32. The lowest BCUT2D eigenvalue weighted by Gasteiger charge is -2.21. The van der Waals surface area contributed by atoms with Crippen LogP contribution < -0.4 is 4.74 Å². The highest BCUT2D eigenvalue weighted by molar-refractivity contribution is 6.32. The average molecular weight is 255 g/mol. The number of aryl methyl sites for hydroxylation is 1. The molecule has 1 aliphatic rings. The number of ether oxygens (including phenoxy) is 1. The molecule has 0 bridgehead atoms. The van der Waals surface area contributed by atoms with Crippen LogP contribution in [0.25, 0.3) is 0 Å². The lowest BCUT2D eigenvalue weighted by atomic mass is 9.86. The van der Waals surface area contributed by atoms with E-state index in [9.17, 15) is 5.11 Å². The van der Waals surface area contributed by atoms with Crippen molar-refractivity contribution < 1.29 is 9.84 Å². The first-order valence-electron chi connectivity index (χ1n) is 5.83. The second-order valence-corrected chi connectivity index (χ2v) is 6.01. The van der Waals surface area contributed by atoms with Crippen LogP contribution in [-0.2, 0) is 5.41 Å². The van der Waals surface area contributed by atoms with Crippen LogP contribution in [0.5, 0.6) is 5.75 Å². The summed E-state index contributed by atoms with van der Waals surface area (Å²) in [7, 11) is 1.61. The Morgan fingerprint density at radius 1 is 1.41 bits per heavy atom. The summed E-state index contributed by atoms with van der Waals surface area (Å²) < 4.78 is 5.21. The Balaban J connectivity index is 2.51. The van der Waals surface area contributed by atoms with E-state index in [0.717, 1.165) is 17.5 Å². The van der Waals surface area contributed by atoms with E-state index in [2.05, 4.69) is 13.8 Å². The van der Waals surface area contributed by atoms with Gasteiger partial charge < -0.3 is 9.84 Å². The van der Waals surface area contributed by atoms with Crippen molar-refractivity contribution in [2.45, 2.75) is 32.6 Å². The van der Waals surface area contributed by atoms with Crippen LogP contribution in [0.2, 0.25) is 5.02 Å². The number of benzene rings is 1. The summed E-state index contributed by atoms with van der Waals surface area (Å²) in [5.74, 6) is 0.694. The maximum atomic E-state index is 9.71. The maximum Gasteiger partial charge on any atom is 0.137 e. The molecule has 1 N–H and O–H groups in total. The topological polar surface area (TPSA) is 29.5 Å². The van der Waals surface area contributed by atoms with E-state index in [4.69, 9.17) is 16.3 Å². The minimum atomic E-state index is -0.132. The molecule has 1 saturated carbocycles. The standard InChI is InChI=1S/C14H19ClO2/c1-9-5-12(17-4)11(15)6-10(9)14(8-16)7-13(14,2)3/h5-6,16H,7-8H2,1-4H3. The molecule has 1 atom stereocenters. The van der Waals surface area contributed by atoms with Gasteiger partial charge in [-0.05, 0) is 42.0 Å². The van der Waals surface area contributed by atoms with Gasteiger partial charge in [-0.2, -0.15) is 0 Å². The Hall–Kier alpha value is -0.730. The molecule has 94 valence electrons. The van der Waals surface area contributed by atoms with Crippen molar-refractivity contribution >= 4 is 11.6 Å². The van der Waals surface area contributed by atoms with Gasteiger partial charge in [0.1, 0.15) is 5.75 Å². The first kappa shape index (κ1) is 12.7. The van der Waals surface area contributed by atoms with Gasteiger partial charge in [0.25, 0.3) is 0 Å². The molecule has 2 nitrogen and oxygen atoms in total. The molecule has 0 spiro atoms. The van der Waals surface area contributed by atoms with Crippen LogP contribution in [0.1, 0.15) is 31.4 Å². The summed E-state index contributed by atoms with van der Waals surface area (Å²) in [5.41, 5.74) is 2.29. The molecule has 0 aliphatic heterocycles. The Labute approximate surface area is 108 Å². The highest BCUT2D eigenvalue weighted by atomic mass is 35.5. The summed E-state index contributed by atoms with van der Waals surface area (Å²) in [5, 5.41) is 10.3. The van der Waals surface area contributed by atoms with Crippen molar-refractivity contribution in [3.63, 3.8) is 0 Å². The second kappa shape index (κ2) is 3.89. The smallest absolute Gasteiger partial charge is 0.137 e. The number of hydrogen-bond donors (Lipinski definition) is 1. The van der Waals surface area contributed by atoms with Crippen molar-refractivity contribution in [2.75, 3.05) is 13.7 Å². The monoisotopic (exact) mass is 254 g/mol. The van der Waals surface area contributed by atoms with Gasteiger partial charge in [-0.15, -0.1) is 0 Å². The molecule has 2 rings (SSSR count). The molecular weight excluding hydrogens is 236 g/mol. The number of aliphatic hydroxyl groups is 1. The van der Waals surface area contributed by atoms with Crippen molar-refractivity contribution in [3.8, 4) is 5.75 Å². The van der Waals surface area contributed by atoms with E-state index < -0.39 is 0 Å². The molecule has 0 saturated heterocycles. The molecule has 3 heteroatoms. The summed E-state index contributed by atoms with van der Waals surface area (Å²) in [4.78, 5) is 0. The molecule has 17 heavy (non-hydrogen) atoms. The van der Waals surface area contributed by atoms with E-state index in [1.54, 1.807) is 7.11 Å². The van der Waals surface area contributed by atoms with E-state index in [1.807, 2.05) is 19.1 Å². The minimum absolute atomic E-state index is 0.132. The van der Waals surface area contributed by atoms with Crippen molar-refractivity contribution in [1.29, 1.82) is 0 Å². The zero-order valence-electron chi connectivity index (χ0n) is 10.8. The number of methoxy groups -OCH3 is 1. The lowest BCUT2D eigenvalue weighted by molar-refractivity contribution is 0.231. The molecule has 0 radical (unpaired) electrons. The molecule has 0 heterocycles. The van der Waals surface area contributed by atoms with Gasteiger partial charge in [0.15, 0.2) is 0 Å². The maximum absolute atomic E-state index is 9.71. The van der Waals surface area contributed by atoms with Gasteiger partial charge in [-0.3, -0.25) is 0 Å². The summed E-state index contributed by atoms with van der Waals surface area (Å²) in [6.45, 7) is 6.57. The lowest BCUT2D eigenvalue weighted by Crippen LogP contribution is -2.20. The van der Waals surface area contributed by atoms with Crippen LogP contribution >= 0.6 is 11.6 Å². The largest absolute Gasteiger partial charge is 0.495 e. The Morgan fingerprint density at radius 2 is 2.00 bits per heavy atom. The zero-order chi connectivity index (χ0) is 12.8. The normalized spacial score (nSPS) is 25.8. The van der Waals surface area contributed by atoms with Crippen molar-refractivity contribution in [1.82, 2.24) is 0 Å². The number of halogens is 1. The third-order valence-corrected chi connectivity index (χ3v) is 4.49. The third-order valence-electron chi connectivity index (χ3n) is 4.20. The summed E-state index contributed by atoms with van der Waals surface area (Å²) in [6, 6.07) is 3.89. The predicted molar refractivity (Wildman–Crippen MR) is 69.9 cm³/mol. The van der Waals surface area contributed by atoms with Crippen LogP contribution in [-0.4, -0.2) is 18.8 Å². The molecule has 1 unspecified atom stereocenters. The van der Waals surface area contributed by atoms with Crippen molar-refractivity contribution in [3.05, 3.63) is 28.3 Å². The van der Waals surface area contributed by atoms with Gasteiger partial charge in [0.2, 0.25) is 0 Å². The number of aliphatic hydroxyl groups excluding tert-OH is 1. The van der Waals surface area contributed by atoms with Crippen molar-refractivity contribution in [2.24, 2.45) is 5.41 Å². The minimum Gasteiger partial charge on any atom is -0.495 e. The third kappa shape index (κ3) is 1.74. The number of rotatable bonds is 3. The quantitative estimate of drug-likeness (QED) is 0.897. The molecule has 0 aromatic heterocycles. The number of hydrogen-bond acceptors (Lipinski definition) is 2. The van der Waals surface area contributed by atoms with Crippen LogP contribution in [0.3, 0.4) is 0 Å². The van der Waals surface area contributed by atoms with Gasteiger partial charge in [0, 0.05) is 5.41 Å². The van der Waals surface area contributed by atoms with Gasteiger partial charge in [-0.1, -0.05) is 25.4 Å². The fourth-order valence-electron chi connectivity index (χ4n) is 2.85. The van der Waals surface area contributed by atoms with E-state index >= 15 is 0 Å². The highest BCUT2D eigenvalue weighted by Crippen LogP contribution is 2.64. The first-order chi connectivity index (χ1) is 7.88. The van der Waals surface area contributed by atoms with E-state index in [-0.39, 0.29) is 17.4 Å². The molecule has 1 aromatic carbocycles. The molecular formula is C14H19ClO2. The van der Waals surface area contributed by atoms with E-state index in [1.165, 1.54) is 0 Å². The molecule has 1 aliphatic carbocycles. The first-order valence-corrected chi connectivity index (χ1v) is 6.21. The fraction of sp³-hybridized carbons (Fsp3) is 0.571. The Kier molecular flexibility index (Phi) is 2.91. The van der Waals surface area contributed by atoms with Gasteiger partial charge in [-0.25, -0.2) is 0 Å². The average Bonchev–Trinajstić information content (AvgIpc) is 2.85. The van der Waals surface area contributed by atoms with Gasteiger partial charge in [0.05, 0.1) is 18.7 Å². The van der Waals surface area contributed by atoms with Gasteiger partial charge >= 0.3 is 0 Å². The Bertz CT molecular complexity index is 454. The summed E-state index contributed by atoms with van der Waals surface area (Å²) in [6.07, 6.45) is 1.000. The fourth-order valence-corrected chi connectivity index (χ4v) is 3.09. The van der Waals surface area contributed by atoms with Crippen LogP contribution in [0.4, 0.5) is 0 Å². The van der Waals surface area contributed by atoms with Crippen LogP contribution in [0.15, 0.2) is 12.1 Å². The summed E-state index contributed by atoms with van der Waals surface area (Å²) >= 11 is 6.18. The Morgan fingerprint density at radius 3 is 2.41 bits per heavy atom. The second-order valence-electron chi connectivity index (χ2n) is 5.60. The highest BCUT2D eigenvalue weighted by Gasteiger charge is 2.62. The van der Waals surface area contributed by atoms with Crippen LogP contribution in [0, 0.1) is 12.3 Å². The van der Waals surface area contributed by atoms with E-state index in [0.29, 0.717) is 10.8 Å². The SMILES string of the molecule is COc1cc(C)c(C2(CO)CC2(C)C)cc1Cl. The molecule has 1 aromatic rings.